The first kappa shape index (κ1) is 19.5. The lowest BCUT2D eigenvalue weighted by Crippen LogP contribution is -2.18. The smallest absolute Gasteiger partial charge is 0.289 e. The lowest BCUT2D eigenvalue weighted by Gasteiger charge is -2.06. The summed E-state index contributed by atoms with van der Waals surface area (Å²) in [5.74, 6) is 0.303. The molecule has 0 saturated heterocycles. The van der Waals surface area contributed by atoms with Crippen molar-refractivity contribution in [1.82, 2.24) is 4.83 Å². The van der Waals surface area contributed by atoms with Crippen LogP contribution in [0.25, 0.3) is 0 Å². The standard InChI is InChI=1S/C15H14ClN3O6S/c1-2-25-11-4-3-10(15(20)7-11)9-17-18-26(23,24)12-5-6-13(16)14(8-12)19(21)22/h3-9,18,20H,2H2,1H3/b17-9+. The molecule has 0 aliphatic carbocycles. The molecule has 0 atom stereocenters. The minimum atomic E-state index is -4.15. The number of rotatable bonds is 7. The molecule has 26 heavy (non-hydrogen) atoms. The van der Waals surface area contributed by atoms with Crippen LogP contribution in [-0.2, 0) is 10.0 Å². The number of aromatic hydroxyl groups is 1. The van der Waals surface area contributed by atoms with E-state index in [1.807, 2.05) is 4.83 Å². The molecular weight excluding hydrogens is 386 g/mol. The first-order valence-electron chi connectivity index (χ1n) is 7.19. The molecule has 138 valence electrons. The molecule has 9 nitrogen and oxygen atoms in total. The van der Waals surface area contributed by atoms with Gasteiger partial charge in [0, 0.05) is 17.7 Å². The zero-order valence-corrected chi connectivity index (χ0v) is 15.0. The van der Waals surface area contributed by atoms with E-state index in [4.69, 9.17) is 16.3 Å². The molecule has 11 heteroatoms. The van der Waals surface area contributed by atoms with Gasteiger partial charge in [-0.15, -0.1) is 0 Å². The minimum absolute atomic E-state index is 0.152. The molecule has 2 aromatic rings. The number of benzene rings is 2. The highest BCUT2D eigenvalue weighted by Gasteiger charge is 2.20. The van der Waals surface area contributed by atoms with Crippen LogP contribution in [0, 0.1) is 10.1 Å². The average molecular weight is 400 g/mol. The fraction of sp³-hybridized carbons (Fsp3) is 0.133. The summed E-state index contributed by atoms with van der Waals surface area (Å²) in [6, 6.07) is 7.49. The van der Waals surface area contributed by atoms with Gasteiger partial charge >= 0.3 is 0 Å². The van der Waals surface area contributed by atoms with Crippen molar-refractivity contribution in [3.63, 3.8) is 0 Å². The second-order valence-electron chi connectivity index (χ2n) is 4.88. The summed E-state index contributed by atoms with van der Waals surface area (Å²) in [6.45, 7) is 2.22. The molecule has 0 amide bonds. The molecule has 0 heterocycles. The molecule has 2 rings (SSSR count). The summed E-state index contributed by atoms with van der Waals surface area (Å²) in [5, 5.41) is 24.1. The van der Waals surface area contributed by atoms with Crippen molar-refractivity contribution in [3.05, 3.63) is 57.1 Å². The van der Waals surface area contributed by atoms with Gasteiger partial charge in [-0.3, -0.25) is 10.1 Å². The van der Waals surface area contributed by atoms with Crippen LogP contribution in [-0.4, -0.2) is 31.3 Å². The SMILES string of the molecule is CCOc1ccc(/C=N/NS(=O)(=O)c2ccc(Cl)c([N+](=O)[O-])c2)c(O)c1. The van der Waals surface area contributed by atoms with Crippen molar-refractivity contribution in [3.8, 4) is 11.5 Å². The van der Waals surface area contributed by atoms with Gasteiger partial charge in [0.2, 0.25) is 0 Å². The van der Waals surface area contributed by atoms with Crippen LogP contribution in [0.2, 0.25) is 5.02 Å². The van der Waals surface area contributed by atoms with Gasteiger partial charge in [0.15, 0.2) is 0 Å². The lowest BCUT2D eigenvalue weighted by molar-refractivity contribution is -0.384. The zero-order valence-electron chi connectivity index (χ0n) is 13.4. The molecular formula is C15H14ClN3O6S. The summed E-state index contributed by atoms with van der Waals surface area (Å²) in [5.41, 5.74) is -0.291. The maximum Gasteiger partial charge on any atom is 0.289 e. The van der Waals surface area contributed by atoms with Crippen LogP contribution < -0.4 is 9.57 Å². The Morgan fingerprint density at radius 3 is 2.69 bits per heavy atom. The van der Waals surface area contributed by atoms with E-state index in [1.54, 1.807) is 13.0 Å². The molecule has 0 radical (unpaired) electrons. The van der Waals surface area contributed by atoms with Gasteiger partial charge in [0.25, 0.3) is 15.7 Å². The summed E-state index contributed by atoms with van der Waals surface area (Å²) in [7, 11) is -4.15. The van der Waals surface area contributed by atoms with Gasteiger partial charge in [-0.05, 0) is 31.2 Å². The van der Waals surface area contributed by atoms with E-state index in [0.29, 0.717) is 12.4 Å². The topological polar surface area (TPSA) is 131 Å². The number of hydrogen-bond acceptors (Lipinski definition) is 7. The number of phenolic OH excluding ortho intramolecular Hbond substituents is 1. The molecule has 2 N–H and O–H groups in total. The quantitative estimate of drug-likeness (QED) is 0.418. The maximum atomic E-state index is 12.2. The van der Waals surface area contributed by atoms with E-state index in [2.05, 4.69) is 5.10 Å². The van der Waals surface area contributed by atoms with Crippen molar-refractivity contribution in [2.45, 2.75) is 11.8 Å². The third-order valence-electron chi connectivity index (χ3n) is 3.11. The normalized spacial score (nSPS) is 11.5. The predicted molar refractivity (Wildman–Crippen MR) is 95.3 cm³/mol. The van der Waals surface area contributed by atoms with Gasteiger partial charge in [-0.25, -0.2) is 4.83 Å². The second-order valence-corrected chi connectivity index (χ2v) is 6.94. The summed E-state index contributed by atoms with van der Waals surface area (Å²) in [6.07, 6.45) is 1.09. The zero-order chi connectivity index (χ0) is 19.3. The first-order valence-corrected chi connectivity index (χ1v) is 9.05. The van der Waals surface area contributed by atoms with E-state index in [9.17, 15) is 23.6 Å². The molecule has 0 fully saturated rings. The minimum Gasteiger partial charge on any atom is -0.507 e. The number of nitrogens with one attached hydrogen (secondary N) is 1. The average Bonchev–Trinajstić information content (AvgIpc) is 2.57. The number of nitro benzene ring substituents is 1. The molecule has 0 unspecified atom stereocenters. The highest BCUT2D eigenvalue weighted by atomic mass is 35.5. The fourth-order valence-electron chi connectivity index (χ4n) is 1.91. The Hall–Kier alpha value is -2.85. The molecule has 0 bridgehead atoms. The van der Waals surface area contributed by atoms with E-state index >= 15 is 0 Å². The largest absolute Gasteiger partial charge is 0.507 e. The van der Waals surface area contributed by atoms with E-state index < -0.39 is 20.6 Å². The highest BCUT2D eigenvalue weighted by Crippen LogP contribution is 2.27. The first-order chi connectivity index (χ1) is 12.2. The summed E-state index contributed by atoms with van der Waals surface area (Å²) in [4.78, 5) is 11.6. The molecule has 0 aromatic heterocycles. The monoisotopic (exact) mass is 399 g/mol. The Kier molecular flexibility index (Phi) is 6.01. The van der Waals surface area contributed by atoms with Crippen molar-refractivity contribution in [2.75, 3.05) is 6.61 Å². The number of phenols is 1. The Labute approximate surface area is 154 Å². The van der Waals surface area contributed by atoms with Gasteiger partial charge in [0.1, 0.15) is 16.5 Å². The predicted octanol–water partition coefficient (Wildman–Crippen LogP) is 2.66. The number of nitrogens with zero attached hydrogens (tertiary/aromatic N) is 2. The molecule has 0 saturated carbocycles. The van der Waals surface area contributed by atoms with E-state index in [-0.39, 0.29) is 21.2 Å². The third kappa shape index (κ3) is 4.61. The number of ether oxygens (including phenoxy) is 1. The number of hydrogen-bond donors (Lipinski definition) is 2. The molecule has 0 aliphatic rings. The van der Waals surface area contributed by atoms with Crippen molar-refractivity contribution in [2.24, 2.45) is 5.10 Å². The van der Waals surface area contributed by atoms with Gasteiger partial charge in [-0.1, -0.05) is 11.6 Å². The van der Waals surface area contributed by atoms with Crippen LogP contribution in [0.5, 0.6) is 11.5 Å². The van der Waals surface area contributed by atoms with E-state index in [1.165, 1.54) is 12.1 Å². The Morgan fingerprint density at radius 1 is 1.35 bits per heavy atom. The number of halogens is 1. The molecule has 0 spiro atoms. The van der Waals surface area contributed by atoms with Crippen molar-refractivity contribution in [1.29, 1.82) is 0 Å². The highest BCUT2D eigenvalue weighted by molar-refractivity contribution is 7.89. The molecule has 0 aliphatic heterocycles. The maximum absolute atomic E-state index is 12.2. The Balaban J connectivity index is 2.19. The van der Waals surface area contributed by atoms with Crippen LogP contribution in [0.1, 0.15) is 12.5 Å². The number of hydrazone groups is 1. The van der Waals surface area contributed by atoms with Crippen molar-refractivity contribution >= 4 is 33.5 Å². The van der Waals surface area contributed by atoms with Crippen LogP contribution >= 0.6 is 11.6 Å². The van der Waals surface area contributed by atoms with Crippen LogP contribution in [0.15, 0.2) is 46.4 Å². The third-order valence-corrected chi connectivity index (χ3v) is 4.65. The number of sulfonamides is 1. The Morgan fingerprint density at radius 2 is 2.08 bits per heavy atom. The Bertz CT molecular complexity index is 962. The van der Waals surface area contributed by atoms with Gasteiger partial charge in [-0.2, -0.15) is 13.5 Å². The molecule has 2 aromatic carbocycles. The lowest BCUT2D eigenvalue weighted by atomic mass is 10.2. The van der Waals surface area contributed by atoms with E-state index in [0.717, 1.165) is 24.4 Å². The van der Waals surface area contributed by atoms with Crippen LogP contribution in [0.3, 0.4) is 0 Å². The number of nitro groups is 1. The second kappa shape index (κ2) is 8.02. The summed E-state index contributed by atoms with van der Waals surface area (Å²) < 4.78 is 29.5. The van der Waals surface area contributed by atoms with Crippen LogP contribution in [0.4, 0.5) is 5.69 Å². The van der Waals surface area contributed by atoms with Gasteiger partial charge in [0.05, 0.1) is 22.6 Å². The van der Waals surface area contributed by atoms with Gasteiger partial charge < -0.3 is 9.84 Å². The summed E-state index contributed by atoms with van der Waals surface area (Å²) >= 11 is 5.65. The fourth-order valence-corrected chi connectivity index (χ4v) is 2.90. The van der Waals surface area contributed by atoms with Crippen molar-refractivity contribution < 1.29 is 23.2 Å².